The Morgan fingerprint density at radius 2 is 0.900 bits per heavy atom. The van der Waals surface area contributed by atoms with Gasteiger partial charge in [-0.1, -0.05) is 60.7 Å². The summed E-state index contributed by atoms with van der Waals surface area (Å²) in [5, 5.41) is 19.5. The number of rotatable bonds is 4. The van der Waals surface area contributed by atoms with E-state index in [2.05, 4.69) is 0 Å². The van der Waals surface area contributed by atoms with Crippen molar-refractivity contribution in [2.24, 2.45) is 0 Å². The minimum Gasteiger partial charge on any atom is -0.501 e. The van der Waals surface area contributed by atoms with Crippen LogP contribution in [0.25, 0.3) is 0 Å². The second-order valence-corrected chi connectivity index (χ2v) is 4.09. The molecule has 0 atom stereocenters. The molecule has 0 bridgehead atoms. The first-order valence-corrected chi connectivity index (χ1v) is 5.93. The van der Waals surface area contributed by atoms with Gasteiger partial charge in [-0.3, -0.25) is 9.59 Å². The van der Waals surface area contributed by atoms with E-state index in [1.807, 2.05) is 0 Å². The summed E-state index contributed by atoms with van der Waals surface area (Å²) < 4.78 is 0. The maximum atomic E-state index is 11.9. The SMILES string of the molecule is O=C(/C(O)=C(\O)C(=O)c1ccccc1)c1ccccc1. The van der Waals surface area contributed by atoms with E-state index in [1.165, 1.54) is 24.3 Å². The van der Waals surface area contributed by atoms with Gasteiger partial charge in [-0.05, 0) is 0 Å². The van der Waals surface area contributed by atoms with Crippen LogP contribution in [0.1, 0.15) is 20.7 Å². The van der Waals surface area contributed by atoms with E-state index in [0.29, 0.717) is 0 Å². The van der Waals surface area contributed by atoms with E-state index in [1.54, 1.807) is 36.4 Å². The average molecular weight is 268 g/mol. The van der Waals surface area contributed by atoms with Gasteiger partial charge in [0, 0.05) is 11.1 Å². The smallest absolute Gasteiger partial charge is 0.231 e. The van der Waals surface area contributed by atoms with Gasteiger partial charge in [0.2, 0.25) is 23.1 Å². The molecule has 0 radical (unpaired) electrons. The minimum atomic E-state index is -0.954. The Morgan fingerprint density at radius 3 is 1.20 bits per heavy atom. The molecule has 0 heterocycles. The third-order valence-corrected chi connectivity index (χ3v) is 2.73. The lowest BCUT2D eigenvalue weighted by atomic mass is 10.0. The first kappa shape index (κ1) is 13.5. The van der Waals surface area contributed by atoms with Gasteiger partial charge in [0.05, 0.1) is 0 Å². The van der Waals surface area contributed by atoms with Gasteiger partial charge in [0.15, 0.2) is 0 Å². The molecule has 2 rings (SSSR count). The fourth-order valence-electron chi connectivity index (χ4n) is 1.67. The lowest BCUT2D eigenvalue weighted by Crippen LogP contribution is -2.12. The molecular weight excluding hydrogens is 256 g/mol. The number of allylic oxidation sites excluding steroid dienone is 2. The molecular formula is C16H12O4. The monoisotopic (exact) mass is 268 g/mol. The van der Waals surface area contributed by atoms with Gasteiger partial charge in [0.1, 0.15) is 0 Å². The van der Waals surface area contributed by atoms with Crippen LogP contribution in [0.3, 0.4) is 0 Å². The van der Waals surface area contributed by atoms with Crippen molar-refractivity contribution in [3.63, 3.8) is 0 Å². The summed E-state index contributed by atoms with van der Waals surface area (Å²) in [5.74, 6) is -3.50. The number of benzene rings is 2. The number of carbonyl (C=O) groups is 2. The van der Waals surface area contributed by atoms with E-state index in [0.717, 1.165) is 0 Å². The number of carbonyl (C=O) groups excluding carboxylic acids is 2. The van der Waals surface area contributed by atoms with Crippen LogP contribution < -0.4 is 0 Å². The van der Waals surface area contributed by atoms with Gasteiger partial charge < -0.3 is 10.2 Å². The maximum Gasteiger partial charge on any atom is 0.231 e. The molecule has 0 aliphatic heterocycles. The van der Waals surface area contributed by atoms with Crippen molar-refractivity contribution in [1.29, 1.82) is 0 Å². The van der Waals surface area contributed by atoms with Crippen molar-refractivity contribution >= 4 is 11.6 Å². The fraction of sp³-hybridized carbons (Fsp3) is 0. The first-order chi connectivity index (χ1) is 9.61. The van der Waals surface area contributed by atoms with Crippen LogP contribution in [-0.2, 0) is 0 Å². The zero-order valence-corrected chi connectivity index (χ0v) is 10.5. The topological polar surface area (TPSA) is 74.6 Å². The molecule has 0 fully saturated rings. The first-order valence-electron chi connectivity index (χ1n) is 5.93. The molecule has 0 aliphatic rings. The maximum absolute atomic E-state index is 11.9. The van der Waals surface area contributed by atoms with E-state index < -0.39 is 23.1 Å². The molecule has 2 aromatic rings. The van der Waals surface area contributed by atoms with Crippen LogP contribution in [0, 0.1) is 0 Å². The van der Waals surface area contributed by atoms with Crippen molar-refractivity contribution in [3.05, 3.63) is 83.3 Å². The molecule has 0 aromatic heterocycles. The van der Waals surface area contributed by atoms with Crippen molar-refractivity contribution in [1.82, 2.24) is 0 Å². The quantitative estimate of drug-likeness (QED) is 0.507. The molecule has 0 saturated carbocycles. The molecule has 100 valence electrons. The molecule has 0 saturated heterocycles. The van der Waals surface area contributed by atoms with Crippen molar-refractivity contribution in [3.8, 4) is 0 Å². The predicted molar refractivity (Wildman–Crippen MR) is 73.8 cm³/mol. The average Bonchev–Trinajstić information content (AvgIpc) is 2.53. The number of aliphatic hydroxyl groups excluding tert-OH is 2. The van der Waals surface area contributed by atoms with E-state index in [9.17, 15) is 19.8 Å². The van der Waals surface area contributed by atoms with Gasteiger partial charge >= 0.3 is 0 Å². The van der Waals surface area contributed by atoms with E-state index in [4.69, 9.17) is 0 Å². The number of hydrogen-bond donors (Lipinski definition) is 2. The molecule has 0 amide bonds. The molecule has 2 N–H and O–H groups in total. The Labute approximate surface area is 115 Å². The Balaban J connectivity index is 2.32. The normalized spacial score (nSPS) is 11.6. The van der Waals surface area contributed by atoms with Gasteiger partial charge in [-0.2, -0.15) is 0 Å². The Bertz CT molecular complexity index is 598. The van der Waals surface area contributed by atoms with Crippen LogP contribution in [0.4, 0.5) is 0 Å². The van der Waals surface area contributed by atoms with Crippen molar-refractivity contribution in [2.45, 2.75) is 0 Å². The zero-order valence-electron chi connectivity index (χ0n) is 10.5. The standard InChI is InChI=1S/C16H12O4/c17-13(11-7-3-1-4-8-11)15(19)16(20)14(18)12-9-5-2-6-10-12/h1-10,19-20H/b16-15+. The molecule has 4 nitrogen and oxygen atoms in total. The summed E-state index contributed by atoms with van der Waals surface area (Å²) in [6, 6.07) is 15.9. The molecule has 20 heavy (non-hydrogen) atoms. The third kappa shape index (κ3) is 2.75. The second kappa shape index (κ2) is 5.84. The molecule has 0 unspecified atom stereocenters. The molecule has 0 aliphatic carbocycles. The van der Waals surface area contributed by atoms with E-state index >= 15 is 0 Å². The van der Waals surface area contributed by atoms with Crippen LogP contribution in [0.15, 0.2) is 72.2 Å². The van der Waals surface area contributed by atoms with Crippen LogP contribution in [0.5, 0.6) is 0 Å². The summed E-state index contributed by atoms with van der Waals surface area (Å²) in [6.07, 6.45) is 0. The second-order valence-electron chi connectivity index (χ2n) is 4.09. The van der Waals surface area contributed by atoms with E-state index in [-0.39, 0.29) is 11.1 Å². The Hall–Kier alpha value is -2.88. The number of ketones is 2. The number of aliphatic hydroxyl groups is 2. The predicted octanol–water partition coefficient (Wildman–Crippen LogP) is 3.08. The highest BCUT2D eigenvalue weighted by atomic mass is 16.3. The fourth-order valence-corrected chi connectivity index (χ4v) is 1.67. The highest BCUT2D eigenvalue weighted by Crippen LogP contribution is 2.13. The highest BCUT2D eigenvalue weighted by molar-refractivity contribution is 6.15. The number of hydrogen-bond acceptors (Lipinski definition) is 4. The Kier molecular flexibility index (Phi) is 3.96. The van der Waals surface area contributed by atoms with Crippen LogP contribution >= 0.6 is 0 Å². The molecule has 0 spiro atoms. The Morgan fingerprint density at radius 1 is 0.600 bits per heavy atom. The van der Waals surface area contributed by atoms with Crippen molar-refractivity contribution < 1.29 is 19.8 Å². The lowest BCUT2D eigenvalue weighted by Gasteiger charge is -2.04. The summed E-state index contributed by atoms with van der Waals surface area (Å²) in [4.78, 5) is 23.8. The lowest BCUT2D eigenvalue weighted by molar-refractivity contribution is 0.0907. The largest absolute Gasteiger partial charge is 0.501 e. The van der Waals surface area contributed by atoms with Crippen molar-refractivity contribution in [2.75, 3.05) is 0 Å². The third-order valence-electron chi connectivity index (χ3n) is 2.73. The molecule has 4 heteroatoms. The summed E-state index contributed by atoms with van der Waals surface area (Å²) in [5.41, 5.74) is 0.384. The molecule has 2 aromatic carbocycles. The summed E-state index contributed by atoms with van der Waals surface area (Å²) in [7, 11) is 0. The zero-order chi connectivity index (χ0) is 14.5. The summed E-state index contributed by atoms with van der Waals surface area (Å²) in [6.45, 7) is 0. The van der Waals surface area contributed by atoms with Crippen LogP contribution in [0.2, 0.25) is 0 Å². The van der Waals surface area contributed by atoms with Gasteiger partial charge in [-0.15, -0.1) is 0 Å². The van der Waals surface area contributed by atoms with Crippen LogP contribution in [-0.4, -0.2) is 21.8 Å². The minimum absolute atomic E-state index is 0.192. The van der Waals surface area contributed by atoms with Gasteiger partial charge in [0.25, 0.3) is 0 Å². The summed E-state index contributed by atoms with van der Waals surface area (Å²) >= 11 is 0. The highest BCUT2D eigenvalue weighted by Gasteiger charge is 2.21. The van der Waals surface area contributed by atoms with Gasteiger partial charge in [-0.25, -0.2) is 0 Å². The number of Topliss-reactive ketones (excluding diaryl/α,β-unsaturated/α-hetero) is 2.